The van der Waals surface area contributed by atoms with Crippen molar-refractivity contribution in [1.82, 2.24) is 10.8 Å². The minimum Gasteiger partial charge on any atom is -0.454 e. The van der Waals surface area contributed by atoms with Crippen molar-refractivity contribution in [2.24, 2.45) is 0 Å². The maximum Gasteiger partial charge on any atom is 0.267 e. The highest BCUT2D eigenvalue weighted by Crippen LogP contribution is 2.36. The zero-order chi connectivity index (χ0) is 20.9. The van der Waals surface area contributed by atoms with Gasteiger partial charge in [-0.3, -0.25) is 10.0 Å². The lowest BCUT2D eigenvalue weighted by Gasteiger charge is -2.35. The topological polar surface area (TPSA) is 83.1 Å². The molecular weight excluding hydrogens is 406 g/mol. The van der Waals surface area contributed by atoms with Crippen LogP contribution in [-0.4, -0.2) is 37.0 Å². The predicted molar refractivity (Wildman–Crippen MR) is 115 cm³/mol. The molecule has 30 heavy (non-hydrogen) atoms. The van der Waals surface area contributed by atoms with E-state index in [0.29, 0.717) is 23.4 Å². The number of hydrogen-bond acceptors (Lipinski definition) is 6. The fourth-order valence-corrected chi connectivity index (χ4v) is 4.01. The number of para-hydroxylation sites is 1. The summed E-state index contributed by atoms with van der Waals surface area (Å²) in [5.74, 6) is 0.890. The quantitative estimate of drug-likeness (QED) is 0.371. The van der Waals surface area contributed by atoms with E-state index in [2.05, 4.69) is 16.3 Å². The Morgan fingerprint density at radius 3 is 2.70 bits per heavy atom. The highest BCUT2D eigenvalue weighted by Gasteiger charge is 2.21. The van der Waals surface area contributed by atoms with Gasteiger partial charge in [0.1, 0.15) is 0 Å². The average Bonchev–Trinajstić information content (AvgIpc) is 3.23. The van der Waals surface area contributed by atoms with Gasteiger partial charge < -0.3 is 19.7 Å². The van der Waals surface area contributed by atoms with E-state index in [1.807, 2.05) is 30.3 Å². The van der Waals surface area contributed by atoms with Crippen LogP contribution in [0.5, 0.6) is 11.5 Å². The summed E-state index contributed by atoms with van der Waals surface area (Å²) < 4.78 is 10.8. The van der Waals surface area contributed by atoms with E-state index in [-0.39, 0.29) is 6.79 Å². The molecule has 2 heterocycles. The van der Waals surface area contributed by atoms with E-state index in [1.54, 1.807) is 11.6 Å². The van der Waals surface area contributed by atoms with Gasteiger partial charge in [-0.2, -0.15) is 0 Å². The summed E-state index contributed by atoms with van der Waals surface area (Å²) in [6.45, 7) is 2.73. The molecule has 8 heteroatoms. The first kappa shape index (κ1) is 20.5. The first-order chi connectivity index (χ1) is 14.6. The summed E-state index contributed by atoms with van der Waals surface area (Å²) >= 11 is 6.37. The van der Waals surface area contributed by atoms with Crippen LogP contribution in [0.2, 0.25) is 5.02 Å². The molecule has 4 rings (SSSR count). The summed E-state index contributed by atoms with van der Waals surface area (Å²) in [6.07, 6.45) is 5.03. The molecule has 2 aliphatic heterocycles. The fraction of sp³-hybridized carbons (Fsp3) is 0.318. The SMILES string of the molecule is O=C(/C=C/c1ccccc1N1CCC(NCc2cc3c(cc2Cl)OCO3)CC1)NO. The molecule has 3 N–H and O–H groups in total. The van der Waals surface area contributed by atoms with Crippen LogP contribution in [0.4, 0.5) is 5.69 Å². The first-order valence-corrected chi connectivity index (χ1v) is 10.3. The molecule has 1 fully saturated rings. The highest BCUT2D eigenvalue weighted by atomic mass is 35.5. The van der Waals surface area contributed by atoms with Crippen LogP contribution in [0.3, 0.4) is 0 Å². The highest BCUT2D eigenvalue weighted by molar-refractivity contribution is 6.31. The molecule has 0 saturated carbocycles. The van der Waals surface area contributed by atoms with Gasteiger partial charge >= 0.3 is 0 Å². The number of halogens is 1. The molecular formula is C22H24ClN3O4. The lowest BCUT2D eigenvalue weighted by molar-refractivity contribution is -0.124. The molecule has 0 bridgehead atoms. The standard InChI is InChI=1S/C22H24ClN3O4/c23-18-12-21-20(29-14-30-21)11-16(18)13-24-17-7-9-26(10-8-17)19-4-2-1-3-15(19)5-6-22(27)25-28/h1-6,11-12,17,24,28H,7-10,13-14H2,(H,25,27)/b6-5+. The third-order valence-corrected chi connectivity index (χ3v) is 5.77. The van der Waals surface area contributed by atoms with Gasteiger partial charge in [0.25, 0.3) is 5.91 Å². The molecule has 0 spiro atoms. The Morgan fingerprint density at radius 2 is 1.93 bits per heavy atom. The Bertz CT molecular complexity index is 942. The summed E-state index contributed by atoms with van der Waals surface area (Å²) in [5.41, 5.74) is 4.64. The number of rotatable bonds is 6. The van der Waals surface area contributed by atoms with Crippen molar-refractivity contribution < 1.29 is 19.5 Å². The monoisotopic (exact) mass is 429 g/mol. The molecule has 0 radical (unpaired) electrons. The van der Waals surface area contributed by atoms with Gasteiger partial charge in [0.2, 0.25) is 6.79 Å². The number of piperidine rings is 1. The molecule has 1 saturated heterocycles. The van der Waals surface area contributed by atoms with Gasteiger partial charge in [0.05, 0.1) is 0 Å². The molecule has 2 aromatic rings. The number of hydroxylamine groups is 1. The minimum atomic E-state index is -0.546. The van der Waals surface area contributed by atoms with E-state index in [4.69, 9.17) is 26.3 Å². The van der Waals surface area contributed by atoms with E-state index < -0.39 is 5.91 Å². The van der Waals surface area contributed by atoms with Crippen molar-refractivity contribution in [3.05, 3.63) is 58.6 Å². The zero-order valence-electron chi connectivity index (χ0n) is 16.4. The number of anilines is 1. The smallest absolute Gasteiger partial charge is 0.267 e. The van der Waals surface area contributed by atoms with Gasteiger partial charge in [-0.05, 0) is 42.2 Å². The van der Waals surface area contributed by atoms with Crippen LogP contribution in [0.25, 0.3) is 6.08 Å². The number of nitrogens with one attached hydrogen (secondary N) is 2. The average molecular weight is 430 g/mol. The number of hydrogen-bond donors (Lipinski definition) is 3. The van der Waals surface area contributed by atoms with E-state index >= 15 is 0 Å². The maximum atomic E-state index is 11.3. The minimum absolute atomic E-state index is 0.238. The second kappa shape index (κ2) is 9.38. The summed E-state index contributed by atoms with van der Waals surface area (Å²) in [5, 5.41) is 12.9. The number of fused-ring (bicyclic) bond motifs is 1. The lowest BCUT2D eigenvalue weighted by Crippen LogP contribution is -2.42. The van der Waals surface area contributed by atoms with Crippen molar-refractivity contribution in [3.8, 4) is 11.5 Å². The van der Waals surface area contributed by atoms with Crippen LogP contribution >= 0.6 is 11.6 Å². The van der Waals surface area contributed by atoms with Crippen LogP contribution in [0.15, 0.2) is 42.5 Å². The maximum absolute atomic E-state index is 11.3. The summed E-state index contributed by atoms with van der Waals surface area (Å²) in [6, 6.07) is 12.1. The molecule has 2 aromatic carbocycles. The van der Waals surface area contributed by atoms with Gasteiger partial charge in [-0.1, -0.05) is 29.8 Å². The second-order valence-corrected chi connectivity index (χ2v) is 7.71. The predicted octanol–water partition coefficient (Wildman–Crippen LogP) is 3.35. The number of benzene rings is 2. The number of carbonyl (C=O) groups is 1. The Morgan fingerprint density at radius 1 is 1.20 bits per heavy atom. The van der Waals surface area contributed by atoms with E-state index in [9.17, 15) is 4.79 Å². The Hall–Kier alpha value is -2.74. The van der Waals surface area contributed by atoms with Crippen molar-refractivity contribution in [3.63, 3.8) is 0 Å². The molecule has 7 nitrogen and oxygen atoms in total. The largest absolute Gasteiger partial charge is 0.454 e. The first-order valence-electron chi connectivity index (χ1n) is 9.91. The number of carbonyl (C=O) groups excluding carboxylic acids is 1. The Kier molecular flexibility index (Phi) is 6.42. The Balaban J connectivity index is 1.34. The van der Waals surface area contributed by atoms with Crippen LogP contribution in [0.1, 0.15) is 24.0 Å². The summed E-state index contributed by atoms with van der Waals surface area (Å²) in [7, 11) is 0. The molecule has 2 aliphatic rings. The van der Waals surface area contributed by atoms with Crippen molar-refractivity contribution in [2.75, 3.05) is 24.8 Å². The number of ether oxygens (including phenoxy) is 2. The molecule has 0 aliphatic carbocycles. The van der Waals surface area contributed by atoms with Crippen molar-refractivity contribution in [2.45, 2.75) is 25.4 Å². The summed E-state index contributed by atoms with van der Waals surface area (Å²) in [4.78, 5) is 13.6. The molecule has 158 valence electrons. The normalized spacial score (nSPS) is 16.3. The third-order valence-electron chi connectivity index (χ3n) is 5.42. The van der Waals surface area contributed by atoms with Crippen LogP contribution < -0.4 is 25.2 Å². The van der Waals surface area contributed by atoms with Crippen molar-refractivity contribution in [1.29, 1.82) is 0 Å². The van der Waals surface area contributed by atoms with Gasteiger partial charge in [0, 0.05) is 48.5 Å². The number of amides is 1. The van der Waals surface area contributed by atoms with Gasteiger partial charge in [-0.25, -0.2) is 5.48 Å². The van der Waals surface area contributed by atoms with Crippen LogP contribution in [-0.2, 0) is 11.3 Å². The third kappa shape index (κ3) is 4.70. The van der Waals surface area contributed by atoms with Crippen LogP contribution in [0, 0.1) is 0 Å². The van der Waals surface area contributed by atoms with Gasteiger partial charge in [-0.15, -0.1) is 0 Å². The number of nitrogens with zero attached hydrogens (tertiary/aromatic N) is 1. The fourth-order valence-electron chi connectivity index (χ4n) is 3.79. The zero-order valence-corrected chi connectivity index (χ0v) is 17.2. The van der Waals surface area contributed by atoms with Gasteiger partial charge in [0.15, 0.2) is 11.5 Å². The Labute approximate surface area is 180 Å². The second-order valence-electron chi connectivity index (χ2n) is 7.31. The molecule has 0 unspecified atom stereocenters. The van der Waals surface area contributed by atoms with E-state index in [0.717, 1.165) is 48.5 Å². The molecule has 0 atom stereocenters. The van der Waals surface area contributed by atoms with E-state index in [1.165, 1.54) is 6.08 Å². The van der Waals surface area contributed by atoms with Crippen molar-refractivity contribution >= 4 is 29.3 Å². The molecule has 1 amide bonds. The molecule has 0 aromatic heterocycles. The lowest BCUT2D eigenvalue weighted by atomic mass is 10.0.